The minimum Gasteiger partial charge on any atom is -0.302 e. The summed E-state index contributed by atoms with van der Waals surface area (Å²) in [6, 6.07) is 0. The normalized spacial score (nSPS) is 23.3. The Morgan fingerprint density at radius 1 is 1.35 bits per heavy atom. The lowest BCUT2D eigenvalue weighted by molar-refractivity contribution is -0.116. The number of amides is 1. The molecule has 0 radical (unpaired) electrons. The number of hydrogen-bond acceptors (Lipinski definition) is 4. The number of piperidine rings is 1. The van der Waals surface area contributed by atoms with Crippen LogP contribution in [0.3, 0.4) is 0 Å². The molecule has 0 spiro atoms. The molecule has 1 aliphatic heterocycles. The maximum atomic E-state index is 12.1. The van der Waals surface area contributed by atoms with Crippen molar-refractivity contribution in [3.63, 3.8) is 0 Å². The monoisotopic (exact) mass is 335 g/mol. The van der Waals surface area contributed by atoms with Gasteiger partial charge in [-0.05, 0) is 37.6 Å². The second-order valence-corrected chi connectivity index (χ2v) is 8.22. The highest BCUT2D eigenvalue weighted by atomic mass is 32.1. The van der Waals surface area contributed by atoms with Crippen LogP contribution in [0.25, 0.3) is 0 Å². The van der Waals surface area contributed by atoms with E-state index in [9.17, 15) is 4.79 Å². The number of nitrogens with zero attached hydrogens (tertiary/aromatic N) is 2. The molecule has 0 aromatic carbocycles. The molecule has 2 fully saturated rings. The Morgan fingerprint density at radius 3 is 2.96 bits per heavy atom. The van der Waals surface area contributed by atoms with Gasteiger partial charge in [0, 0.05) is 24.9 Å². The van der Waals surface area contributed by atoms with Crippen LogP contribution in [-0.4, -0.2) is 28.9 Å². The average molecular weight is 336 g/mol. The first kappa shape index (κ1) is 16.9. The molecule has 3 rings (SSSR count). The maximum Gasteiger partial charge on any atom is 0.226 e. The second-order valence-electron chi connectivity index (χ2n) is 7.36. The van der Waals surface area contributed by atoms with Crippen LogP contribution in [0.4, 0.5) is 5.13 Å². The highest BCUT2D eigenvalue weighted by Gasteiger charge is 2.18. The van der Waals surface area contributed by atoms with Gasteiger partial charge in [0.2, 0.25) is 5.91 Å². The number of anilines is 1. The van der Waals surface area contributed by atoms with Crippen molar-refractivity contribution in [2.24, 2.45) is 11.8 Å². The van der Waals surface area contributed by atoms with Gasteiger partial charge in [-0.15, -0.1) is 11.3 Å². The number of aromatic nitrogens is 1. The third kappa shape index (κ3) is 5.28. The second kappa shape index (κ2) is 8.25. The lowest BCUT2D eigenvalue weighted by Crippen LogP contribution is -2.33. The predicted molar refractivity (Wildman–Crippen MR) is 95.6 cm³/mol. The number of rotatable bonds is 6. The maximum absolute atomic E-state index is 12.1. The number of nitrogens with one attached hydrogen (secondary N) is 1. The molecule has 1 saturated carbocycles. The number of likely N-dealkylation sites (tertiary alicyclic amines) is 1. The molecule has 0 bridgehead atoms. The predicted octanol–water partition coefficient (Wildman–Crippen LogP) is 4.28. The van der Waals surface area contributed by atoms with Crippen LogP contribution in [0, 0.1) is 11.8 Å². The van der Waals surface area contributed by atoms with E-state index in [2.05, 4.69) is 27.5 Å². The first-order valence-electron chi connectivity index (χ1n) is 9.15. The zero-order chi connectivity index (χ0) is 16.1. The number of carbonyl (C=O) groups excluding carboxylic acids is 1. The molecule has 1 aromatic heterocycles. The molecule has 5 heteroatoms. The van der Waals surface area contributed by atoms with E-state index in [1.807, 2.05) is 0 Å². The molecule has 1 unspecified atom stereocenters. The Labute approximate surface area is 143 Å². The molecule has 23 heavy (non-hydrogen) atoms. The molecule has 1 atom stereocenters. The first-order valence-corrected chi connectivity index (χ1v) is 10.0. The quantitative estimate of drug-likeness (QED) is 0.844. The Kier molecular flexibility index (Phi) is 6.06. The van der Waals surface area contributed by atoms with Crippen molar-refractivity contribution in [3.05, 3.63) is 11.1 Å². The zero-order valence-electron chi connectivity index (χ0n) is 14.2. The van der Waals surface area contributed by atoms with Crippen LogP contribution in [0.2, 0.25) is 0 Å². The topological polar surface area (TPSA) is 45.2 Å². The summed E-state index contributed by atoms with van der Waals surface area (Å²) in [5.41, 5.74) is 1.09. The van der Waals surface area contributed by atoms with Crippen LogP contribution in [0.5, 0.6) is 0 Å². The highest BCUT2D eigenvalue weighted by Crippen LogP contribution is 2.28. The molecule has 1 N–H and O–H groups in total. The van der Waals surface area contributed by atoms with E-state index in [1.165, 1.54) is 51.6 Å². The van der Waals surface area contributed by atoms with Crippen molar-refractivity contribution in [3.8, 4) is 0 Å². The summed E-state index contributed by atoms with van der Waals surface area (Å²) in [6.45, 7) is 5.58. The van der Waals surface area contributed by atoms with E-state index in [0.717, 1.165) is 35.6 Å². The molecule has 128 valence electrons. The molecule has 1 amide bonds. The SMILES string of the molecule is CC1CCCN(Cc2csc(NC(=O)CCC3CCCC3)n2)C1. The van der Waals surface area contributed by atoms with Gasteiger partial charge in [-0.1, -0.05) is 32.6 Å². The lowest BCUT2D eigenvalue weighted by Gasteiger charge is -2.30. The first-order chi connectivity index (χ1) is 11.2. The number of carbonyl (C=O) groups is 1. The Hall–Kier alpha value is -0.940. The van der Waals surface area contributed by atoms with Crippen molar-refractivity contribution >= 4 is 22.4 Å². The third-order valence-electron chi connectivity index (χ3n) is 5.18. The lowest BCUT2D eigenvalue weighted by atomic mass is 10.0. The Balaban J connectivity index is 1.42. The van der Waals surface area contributed by atoms with Gasteiger partial charge in [0.05, 0.1) is 5.69 Å². The molecule has 2 heterocycles. The summed E-state index contributed by atoms with van der Waals surface area (Å²) in [6.07, 6.45) is 9.62. The Morgan fingerprint density at radius 2 is 2.17 bits per heavy atom. The van der Waals surface area contributed by atoms with Gasteiger partial charge >= 0.3 is 0 Å². The van der Waals surface area contributed by atoms with E-state index < -0.39 is 0 Å². The molecule has 4 nitrogen and oxygen atoms in total. The number of hydrogen-bond donors (Lipinski definition) is 1. The van der Waals surface area contributed by atoms with E-state index in [-0.39, 0.29) is 5.91 Å². The summed E-state index contributed by atoms with van der Waals surface area (Å²) in [5, 5.41) is 5.84. The average Bonchev–Trinajstić information content (AvgIpc) is 3.17. The van der Waals surface area contributed by atoms with Crippen LogP contribution in [0.1, 0.15) is 64.0 Å². The smallest absolute Gasteiger partial charge is 0.226 e. The summed E-state index contributed by atoms with van der Waals surface area (Å²) in [7, 11) is 0. The molecule has 1 aromatic rings. The van der Waals surface area contributed by atoms with Gasteiger partial charge < -0.3 is 5.32 Å². The fourth-order valence-electron chi connectivity index (χ4n) is 3.91. The van der Waals surface area contributed by atoms with E-state index >= 15 is 0 Å². The van der Waals surface area contributed by atoms with Crippen LogP contribution >= 0.6 is 11.3 Å². The fraction of sp³-hybridized carbons (Fsp3) is 0.778. The minimum atomic E-state index is 0.129. The van der Waals surface area contributed by atoms with Crippen molar-refractivity contribution in [1.29, 1.82) is 0 Å². The summed E-state index contributed by atoms with van der Waals surface area (Å²) >= 11 is 1.56. The van der Waals surface area contributed by atoms with E-state index in [4.69, 9.17) is 0 Å². The largest absolute Gasteiger partial charge is 0.302 e. The van der Waals surface area contributed by atoms with Crippen molar-refractivity contribution < 1.29 is 4.79 Å². The molecular weight excluding hydrogens is 306 g/mol. The van der Waals surface area contributed by atoms with Crippen LogP contribution in [-0.2, 0) is 11.3 Å². The third-order valence-corrected chi connectivity index (χ3v) is 5.99. The standard InChI is InChI=1S/C18H29N3OS/c1-14-5-4-10-21(11-14)12-16-13-23-18(19-16)20-17(22)9-8-15-6-2-3-7-15/h13-15H,2-12H2,1H3,(H,19,20,22). The van der Waals surface area contributed by atoms with Crippen molar-refractivity contribution in [2.75, 3.05) is 18.4 Å². The Bertz CT molecular complexity index is 510. The van der Waals surface area contributed by atoms with Crippen molar-refractivity contribution in [2.45, 2.75) is 64.8 Å². The fourth-order valence-corrected chi connectivity index (χ4v) is 4.63. The van der Waals surface area contributed by atoms with Gasteiger partial charge in [0.15, 0.2) is 5.13 Å². The molecule has 2 aliphatic rings. The van der Waals surface area contributed by atoms with Gasteiger partial charge in [0.25, 0.3) is 0 Å². The van der Waals surface area contributed by atoms with Gasteiger partial charge in [-0.25, -0.2) is 4.98 Å². The summed E-state index contributed by atoms with van der Waals surface area (Å²) < 4.78 is 0. The van der Waals surface area contributed by atoms with Gasteiger partial charge in [-0.2, -0.15) is 0 Å². The molecular formula is C18H29N3OS. The van der Waals surface area contributed by atoms with Crippen LogP contribution < -0.4 is 5.32 Å². The molecule has 1 saturated heterocycles. The zero-order valence-corrected chi connectivity index (χ0v) is 15.0. The number of thiazole rings is 1. The van der Waals surface area contributed by atoms with E-state index in [0.29, 0.717) is 6.42 Å². The van der Waals surface area contributed by atoms with Gasteiger partial charge in [0.1, 0.15) is 0 Å². The summed E-state index contributed by atoms with van der Waals surface area (Å²) in [5.74, 6) is 1.69. The summed E-state index contributed by atoms with van der Waals surface area (Å²) in [4.78, 5) is 19.1. The highest BCUT2D eigenvalue weighted by molar-refractivity contribution is 7.13. The van der Waals surface area contributed by atoms with Crippen LogP contribution in [0.15, 0.2) is 5.38 Å². The van der Waals surface area contributed by atoms with E-state index in [1.54, 1.807) is 11.3 Å². The van der Waals surface area contributed by atoms with Crippen molar-refractivity contribution in [1.82, 2.24) is 9.88 Å². The minimum absolute atomic E-state index is 0.129. The molecule has 1 aliphatic carbocycles. The van der Waals surface area contributed by atoms with Gasteiger partial charge in [-0.3, -0.25) is 9.69 Å².